The number of amides is 1. The number of nitrogens with zero attached hydrogens (tertiary/aromatic N) is 1. The van der Waals surface area contributed by atoms with Crippen LogP contribution in [0.25, 0.3) is 0 Å². The normalized spacial score (nSPS) is 20.2. The van der Waals surface area contributed by atoms with Crippen molar-refractivity contribution in [2.75, 3.05) is 11.9 Å². The Balaban J connectivity index is 2.25. The minimum absolute atomic E-state index is 0.0238. The number of hydrogen-bond donors (Lipinski definition) is 0. The first kappa shape index (κ1) is 15.1. The van der Waals surface area contributed by atoms with Crippen LogP contribution in [-0.4, -0.2) is 28.7 Å². The minimum atomic E-state index is 0.0238. The van der Waals surface area contributed by atoms with Gasteiger partial charge in [0.2, 0.25) is 0 Å². The van der Waals surface area contributed by atoms with E-state index in [0.29, 0.717) is 15.6 Å². The van der Waals surface area contributed by atoms with E-state index in [2.05, 4.69) is 15.9 Å². The van der Waals surface area contributed by atoms with Crippen LogP contribution < -0.4 is 0 Å². The van der Waals surface area contributed by atoms with Gasteiger partial charge in [0.15, 0.2) is 0 Å². The highest BCUT2D eigenvalue weighted by Crippen LogP contribution is 2.24. The van der Waals surface area contributed by atoms with Crippen molar-refractivity contribution in [3.63, 3.8) is 0 Å². The van der Waals surface area contributed by atoms with E-state index in [1.807, 2.05) is 4.90 Å². The van der Waals surface area contributed by atoms with Crippen molar-refractivity contribution in [2.24, 2.45) is 0 Å². The molecule has 1 unspecified atom stereocenters. The maximum absolute atomic E-state index is 12.6. The molecule has 0 radical (unpaired) electrons. The van der Waals surface area contributed by atoms with Gasteiger partial charge in [0.25, 0.3) is 5.91 Å². The molecule has 2 nitrogen and oxygen atoms in total. The lowest BCUT2D eigenvalue weighted by molar-refractivity contribution is 0.0702. The number of alkyl halides is 1. The third kappa shape index (κ3) is 3.87. The van der Waals surface area contributed by atoms with Gasteiger partial charge in [-0.3, -0.25) is 4.79 Å². The average Bonchev–Trinajstić information content (AvgIpc) is 2.61. The molecule has 19 heavy (non-hydrogen) atoms. The maximum atomic E-state index is 12.6. The van der Waals surface area contributed by atoms with Gasteiger partial charge in [-0.05, 0) is 31.0 Å². The Bertz CT molecular complexity index is 447. The van der Waals surface area contributed by atoms with Gasteiger partial charge in [-0.25, -0.2) is 0 Å². The van der Waals surface area contributed by atoms with Crippen molar-refractivity contribution in [2.45, 2.75) is 31.7 Å². The topological polar surface area (TPSA) is 20.3 Å². The molecule has 0 aromatic heterocycles. The van der Waals surface area contributed by atoms with Gasteiger partial charge in [0.05, 0.1) is 0 Å². The van der Waals surface area contributed by atoms with Crippen LogP contribution in [0.2, 0.25) is 10.0 Å². The second-order valence-corrected chi connectivity index (χ2v) is 6.33. The summed E-state index contributed by atoms with van der Waals surface area (Å²) in [5.41, 5.74) is 0.574. The first-order chi connectivity index (χ1) is 9.11. The Morgan fingerprint density at radius 1 is 1.21 bits per heavy atom. The molecule has 0 aliphatic carbocycles. The van der Waals surface area contributed by atoms with Crippen molar-refractivity contribution >= 4 is 45.0 Å². The van der Waals surface area contributed by atoms with Gasteiger partial charge in [0, 0.05) is 33.5 Å². The van der Waals surface area contributed by atoms with Gasteiger partial charge in [-0.1, -0.05) is 52.0 Å². The van der Waals surface area contributed by atoms with Crippen molar-refractivity contribution in [1.82, 2.24) is 4.90 Å². The summed E-state index contributed by atoms with van der Waals surface area (Å²) in [6.07, 6.45) is 4.47. The molecule has 2 rings (SSSR count). The van der Waals surface area contributed by atoms with E-state index in [1.165, 1.54) is 12.8 Å². The lowest BCUT2D eigenvalue weighted by Gasteiger charge is -2.29. The van der Waals surface area contributed by atoms with Crippen molar-refractivity contribution < 1.29 is 4.79 Å². The van der Waals surface area contributed by atoms with Crippen LogP contribution in [-0.2, 0) is 0 Å². The van der Waals surface area contributed by atoms with Crippen molar-refractivity contribution in [3.8, 4) is 0 Å². The molecule has 0 saturated carbocycles. The summed E-state index contributed by atoms with van der Waals surface area (Å²) in [6, 6.07) is 5.27. The van der Waals surface area contributed by atoms with Gasteiger partial charge in [0.1, 0.15) is 0 Å². The number of hydrogen-bond acceptors (Lipinski definition) is 1. The van der Waals surface area contributed by atoms with Crippen molar-refractivity contribution in [3.05, 3.63) is 33.8 Å². The van der Waals surface area contributed by atoms with Gasteiger partial charge in [-0.15, -0.1) is 0 Å². The van der Waals surface area contributed by atoms with Gasteiger partial charge >= 0.3 is 0 Å². The summed E-state index contributed by atoms with van der Waals surface area (Å²) in [6.45, 7) is 0.805. The third-order valence-electron chi connectivity index (χ3n) is 3.43. The molecule has 0 bridgehead atoms. The summed E-state index contributed by atoms with van der Waals surface area (Å²) in [5, 5.41) is 1.81. The molecule has 1 aromatic rings. The van der Waals surface area contributed by atoms with E-state index in [1.54, 1.807) is 18.2 Å². The zero-order valence-electron chi connectivity index (χ0n) is 10.5. The second kappa shape index (κ2) is 6.96. The number of carbonyl (C=O) groups excluding carboxylic acids is 1. The molecule has 1 aromatic carbocycles. The van der Waals surface area contributed by atoms with E-state index in [0.717, 1.165) is 24.7 Å². The predicted molar refractivity (Wildman–Crippen MR) is 83.5 cm³/mol. The highest BCUT2D eigenvalue weighted by Gasteiger charge is 2.25. The first-order valence-corrected chi connectivity index (χ1v) is 8.32. The maximum Gasteiger partial charge on any atom is 0.254 e. The second-order valence-electron chi connectivity index (χ2n) is 4.81. The number of likely N-dealkylation sites (tertiary alicyclic amines) is 1. The molecule has 1 aliphatic heterocycles. The molecule has 0 N–H and O–H groups in total. The third-order valence-corrected chi connectivity index (χ3v) is 4.61. The van der Waals surface area contributed by atoms with Crippen LogP contribution in [0.1, 0.15) is 36.0 Å². The molecule has 1 aliphatic rings. The zero-order chi connectivity index (χ0) is 13.8. The molecule has 1 saturated heterocycles. The largest absolute Gasteiger partial charge is 0.335 e. The molecule has 104 valence electrons. The van der Waals surface area contributed by atoms with Crippen molar-refractivity contribution in [1.29, 1.82) is 0 Å². The summed E-state index contributed by atoms with van der Waals surface area (Å²) in [4.78, 5) is 14.6. The molecule has 1 heterocycles. The van der Waals surface area contributed by atoms with Crippen LogP contribution >= 0.6 is 39.1 Å². The zero-order valence-corrected chi connectivity index (χ0v) is 13.6. The SMILES string of the molecule is O=C(c1cc(Cl)cc(Cl)c1)N1CCCCCC1CBr. The van der Waals surface area contributed by atoms with Crippen LogP contribution in [0.5, 0.6) is 0 Å². The lowest BCUT2D eigenvalue weighted by atomic mass is 10.1. The van der Waals surface area contributed by atoms with Crippen LogP contribution in [0, 0.1) is 0 Å². The van der Waals surface area contributed by atoms with E-state index in [4.69, 9.17) is 23.2 Å². The van der Waals surface area contributed by atoms with E-state index in [-0.39, 0.29) is 11.9 Å². The smallest absolute Gasteiger partial charge is 0.254 e. The fraction of sp³-hybridized carbons (Fsp3) is 0.500. The number of benzene rings is 1. The minimum Gasteiger partial charge on any atom is -0.335 e. The highest BCUT2D eigenvalue weighted by molar-refractivity contribution is 9.09. The Kier molecular flexibility index (Phi) is 5.55. The van der Waals surface area contributed by atoms with Gasteiger partial charge < -0.3 is 4.90 Å². The summed E-state index contributed by atoms with van der Waals surface area (Å²) < 4.78 is 0. The van der Waals surface area contributed by atoms with E-state index in [9.17, 15) is 4.79 Å². The molecule has 1 atom stereocenters. The molecular formula is C14H16BrCl2NO. The average molecular weight is 365 g/mol. The standard InChI is InChI=1S/C14H16BrCl2NO/c15-9-13-4-2-1-3-5-18(13)14(19)10-6-11(16)8-12(17)7-10/h6-8,13H,1-5,9H2. The van der Waals surface area contributed by atoms with Crippen LogP contribution in [0.3, 0.4) is 0 Å². The lowest BCUT2D eigenvalue weighted by Crippen LogP contribution is -2.41. The molecule has 0 spiro atoms. The first-order valence-electron chi connectivity index (χ1n) is 6.45. The molecular weight excluding hydrogens is 349 g/mol. The monoisotopic (exact) mass is 363 g/mol. The molecule has 1 amide bonds. The van der Waals surface area contributed by atoms with Crippen LogP contribution in [0.15, 0.2) is 18.2 Å². The fourth-order valence-electron chi connectivity index (χ4n) is 2.45. The summed E-state index contributed by atoms with van der Waals surface area (Å²) in [7, 11) is 0. The highest BCUT2D eigenvalue weighted by atomic mass is 79.9. The van der Waals surface area contributed by atoms with Gasteiger partial charge in [-0.2, -0.15) is 0 Å². The summed E-state index contributed by atoms with van der Waals surface area (Å²) in [5.74, 6) is 0.0238. The quantitative estimate of drug-likeness (QED) is 0.692. The Morgan fingerprint density at radius 3 is 2.53 bits per heavy atom. The Hall–Kier alpha value is -0.250. The fourth-order valence-corrected chi connectivity index (χ4v) is 3.65. The predicted octanol–water partition coefficient (Wildman–Crippen LogP) is 4.77. The Labute approximate surface area is 132 Å². The number of rotatable bonds is 2. The number of carbonyl (C=O) groups is 1. The molecule has 5 heteroatoms. The molecule has 1 fully saturated rings. The Morgan fingerprint density at radius 2 is 1.89 bits per heavy atom. The number of halogens is 3. The summed E-state index contributed by atoms with van der Waals surface area (Å²) >= 11 is 15.5. The van der Waals surface area contributed by atoms with E-state index < -0.39 is 0 Å². The van der Waals surface area contributed by atoms with Crippen LogP contribution in [0.4, 0.5) is 0 Å². The van der Waals surface area contributed by atoms with E-state index >= 15 is 0 Å².